The molecule has 1 atom stereocenters. The molecule has 19 heavy (non-hydrogen) atoms. The molecular weight excluding hydrogens is 308 g/mol. The predicted octanol–water partition coefficient (Wildman–Crippen LogP) is 1.75. The highest BCUT2D eigenvalue weighted by molar-refractivity contribution is 9.10. The second-order valence-corrected chi connectivity index (χ2v) is 5.68. The van der Waals surface area contributed by atoms with Crippen molar-refractivity contribution in [1.29, 1.82) is 0 Å². The maximum atomic E-state index is 5.72. The average Bonchev–Trinajstić information content (AvgIpc) is 2.40. The van der Waals surface area contributed by atoms with Crippen LogP contribution in [-0.4, -0.2) is 57.4 Å². The summed E-state index contributed by atoms with van der Waals surface area (Å²) in [6, 6.07) is 7.92. The van der Waals surface area contributed by atoms with Crippen molar-refractivity contribution in [3.8, 4) is 5.75 Å². The van der Waals surface area contributed by atoms with E-state index in [1.54, 1.807) is 0 Å². The molecular formula is C14H21BrN2O2. The molecule has 0 aliphatic carbocycles. The summed E-state index contributed by atoms with van der Waals surface area (Å²) in [7, 11) is 2.10. The van der Waals surface area contributed by atoms with E-state index in [1.807, 2.05) is 24.3 Å². The fourth-order valence-electron chi connectivity index (χ4n) is 2.05. The Morgan fingerprint density at radius 3 is 3.16 bits per heavy atom. The summed E-state index contributed by atoms with van der Waals surface area (Å²) in [5, 5.41) is 3.34. The molecule has 1 aromatic carbocycles. The van der Waals surface area contributed by atoms with E-state index >= 15 is 0 Å². The van der Waals surface area contributed by atoms with Crippen molar-refractivity contribution < 1.29 is 9.47 Å². The third-order valence-electron chi connectivity index (χ3n) is 3.06. The predicted molar refractivity (Wildman–Crippen MR) is 79.7 cm³/mol. The van der Waals surface area contributed by atoms with E-state index in [4.69, 9.17) is 9.47 Å². The van der Waals surface area contributed by atoms with Gasteiger partial charge in [0.25, 0.3) is 0 Å². The van der Waals surface area contributed by atoms with Gasteiger partial charge in [0.05, 0.1) is 12.7 Å². The molecule has 1 aromatic rings. The number of nitrogens with one attached hydrogen (secondary N) is 1. The molecule has 1 aliphatic heterocycles. The lowest BCUT2D eigenvalue weighted by Crippen LogP contribution is -2.45. The van der Waals surface area contributed by atoms with Crippen LogP contribution < -0.4 is 10.1 Å². The fourth-order valence-corrected chi connectivity index (χ4v) is 2.43. The van der Waals surface area contributed by atoms with Gasteiger partial charge in [0.1, 0.15) is 12.4 Å². The van der Waals surface area contributed by atoms with Gasteiger partial charge in [-0.3, -0.25) is 0 Å². The second-order valence-electron chi connectivity index (χ2n) is 4.77. The Balaban J connectivity index is 1.64. The van der Waals surface area contributed by atoms with Crippen molar-refractivity contribution in [1.82, 2.24) is 10.2 Å². The van der Waals surface area contributed by atoms with Gasteiger partial charge in [0, 0.05) is 30.7 Å². The number of morpholine rings is 1. The molecule has 1 fully saturated rings. The monoisotopic (exact) mass is 328 g/mol. The van der Waals surface area contributed by atoms with Crippen LogP contribution >= 0.6 is 15.9 Å². The zero-order valence-corrected chi connectivity index (χ0v) is 12.9. The minimum Gasteiger partial charge on any atom is -0.492 e. The number of hydrogen-bond acceptors (Lipinski definition) is 4. The first-order valence-electron chi connectivity index (χ1n) is 6.63. The van der Waals surface area contributed by atoms with Crippen LogP contribution in [0.15, 0.2) is 28.7 Å². The molecule has 0 amide bonds. The van der Waals surface area contributed by atoms with Gasteiger partial charge in [-0.2, -0.15) is 0 Å². The summed E-state index contributed by atoms with van der Waals surface area (Å²) in [4.78, 5) is 2.25. The van der Waals surface area contributed by atoms with Crippen LogP contribution in [0.5, 0.6) is 5.75 Å². The van der Waals surface area contributed by atoms with Crippen LogP contribution in [0, 0.1) is 0 Å². The van der Waals surface area contributed by atoms with Crippen molar-refractivity contribution in [3.05, 3.63) is 28.7 Å². The Hall–Kier alpha value is -0.620. The van der Waals surface area contributed by atoms with Crippen molar-refractivity contribution >= 4 is 15.9 Å². The lowest BCUT2D eigenvalue weighted by molar-refractivity contribution is 0.00848. The highest BCUT2D eigenvalue weighted by Gasteiger charge is 2.15. The third-order valence-corrected chi connectivity index (χ3v) is 3.55. The quantitative estimate of drug-likeness (QED) is 0.862. The van der Waals surface area contributed by atoms with Crippen molar-refractivity contribution in [2.24, 2.45) is 0 Å². The molecule has 1 unspecified atom stereocenters. The van der Waals surface area contributed by atoms with Crippen LogP contribution in [0.3, 0.4) is 0 Å². The van der Waals surface area contributed by atoms with Crippen molar-refractivity contribution in [2.75, 3.05) is 46.4 Å². The van der Waals surface area contributed by atoms with Crippen LogP contribution in [0.2, 0.25) is 0 Å². The van der Waals surface area contributed by atoms with E-state index in [1.165, 1.54) is 0 Å². The summed E-state index contributed by atoms with van der Waals surface area (Å²) in [6.45, 7) is 5.24. The van der Waals surface area contributed by atoms with Crippen molar-refractivity contribution in [2.45, 2.75) is 6.10 Å². The van der Waals surface area contributed by atoms with E-state index in [2.05, 4.69) is 33.2 Å². The SMILES string of the molecule is CN(CCOc1cccc(Br)c1)CC1CNCCO1. The summed E-state index contributed by atoms with van der Waals surface area (Å²) >= 11 is 3.43. The molecule has 0 bridgehead atoms. The molecule has 0 radical (unpaired) electrons. The second kappa shape index (κ2) is 7.85. The van der Waals surface area contributed by atoms with Gasteiger partial charge in [-0.05, 0) is 25.2 Å². The topological polar surface area (TPSA) is 33.7 Å². The smallest absolute Gasteiger partial charge is 0.120 e. The standard InChI is InChI=1S/C14H21BrN2O2/c1-17(11-14-10-16-5-7-18-14)6-8-19-13-4-2-3-12(15)9-13/h2-4,9,14,16H,5-8,10-11H2,1H3. The minimum absolute atomic E-state index is 0.296. The van der Waals surface area contributed by atoms with E-state index in [0.29, 0.717) is 12.7 Å². The van der Waals surface area contributed by atoms with Gasteiger partial charge in [-0.25, -0.2) is 0 Å². The number of halogens is 1. The molecule has 0 saturated carbocycles. The van der Waals surface area contributed by atoms with Crippen LogP contribution in [0.25, 0.3) is 0 Å². The lowest BCUT2D eigenvalue weighted by Gasteiger charge is -2.27. The van der Waals surface area contributed by atoms with E-state index < -0.39 is 0 Å². The van der Waals surface area contributed by atoms with E-state index in [0.717, 1.165) is 43.0 Å². The Morgan fingerprint density at radius 1 is 1.53 bits per heavy atom. The fraction of sp³-hybridized carbons (Fsp3) is 0.571. The molecule has 1 saturated heterocycles. The first-order chi connectivity index (χ1) is 9.24. The summed E-state index contributed by atoms with van der Waals surface area (Å²) in [5.74, 6) is 0.901. The lowest BCUT2D eigenvalue weighted by atomic mass is 10.3. The van der Waals surface area contributed by atoms with Gasteiger partial charge < -0.3 is 19.7 Å². The normalized spacial score (nSPS) is 19.6. The molecule has 4 nitrogen and oxygen atoms in total. The number of likely N-dealkylation sites (N-methyl/N-ethyl adjacent to an activating group) is 1. The first kappa shape index (κ1) is 14.8. The molecule has 0 aromatic heterocycles. The average molecular weight is 329 g/mol. The molecule has 1 heterocycles. The molecule has 1 N–H and O–H groups in total. The Kier molecular flexibility index (Phi) is 6.10. The van der Waals surface area contributed by atoms with Gasteiger partial charge in [-0.1, -0.05) is 22.0 Å². The number of benzene rings is 1. The maximum absolute atomic E-state index is 5.72. The van der Waals surface area contributed by atoms with Crippen LogP contribution in [0.4, 0.5) is 0 Å². The highest BCUT2D eigenvalue weighted by atomic mass is 79.9. The van der Waals surface area contributed by atoms with Gasteiger partial charge in [0.2, 0.25) is 0 Å². The maximum Gasteiger partial charge on any atom is 0.120 e. The molecule has 2 rings (SSSR count). The third kappa shape index (κ3) is 5.48. The van der Waals surface area contributed by atoms with Crippen molar-refractivity contribution in [3.63, 3.8) is 0 Å². The van der Waals surface area contributed by atoms with Gasteiger partial charge in [0.15, 0.2) is 0 Å². The molecule has 106 valence electrons. The Morgan fingerprint density at radius 2 is 2.42 bits per heavy atom. The van der Waals surface area contributed by atoms with Crippen LogP contribution in [-0.2, 0) is 4.74 Å². The summed E-state index contributed by atoms with van der Waals surface area (Å²) in [6.07, 6.45) is 0.296. The zero-order chi connectivity index (χ0) is 13.5. The largest absolute Gasteiger partial charge is 0.492 e. The zero-order valence-electron chi connectivity index (χ0n) is 11.3. The number of nitrogens with zero attached hydrogens (tertiary/aromatic N) is 1. The van der Waals surface area contributed by atoms with E-state index in [9.17, 15) is 0 Å². The Labute approximate surface area is 123 Å². The highest BCUT2D eigenvalue weighted by Crippen LogP contribution is 2.17. The summed E-state index contributed by atoms with van der Waals surface area (Å²) < 4.78 is 12.4. The van der Waals surface area contributed by atoms with Gasteiger partial charge in [-0.15, -0.1) is 0 Å². The Bertz CT molecular complexity index is 383. The van der Waals surface area contributed by atoms with E-state index in [-0.39, 0.29) is 0 Å². The number of ether oxygens (including phenoxy) is 2. The molecule has 5 heteroatoms. The minimum atomic E-state index is 0.296. The summed E-state index contributed by atoms with van der Waals surface area (Å²) in [5.41, 5.74) is 0. The molecule has 0 spiro atoms. The van der Waals surface area contributed by atoms with Gasteiger partial charge >= 0.3 is 0 Å². The number of rotatable bonds is 6. The molecule has 1 aliphatic rings. The van der Waals surface area contributed by atoms with Crippen LogP contribution in [0.1, 0.15) is 0 Å². The number of hydrogen-bond donors (Lipinski definition) is 1. The first-order valence-corrected chi connectivity index (χ1v) is 7.42.